The largest absolute Gasteiger partial charge is 0.469 e. The van der Waals surface area contributed by atoms with Crippen LogP contribution in [-0.4, -0.2) is 43.8 Å². The zero-order valence-electron chi connectivity index (χ0n) is 12.7. The molecule has 0 spiro atoms. The van der Waals surface area contributed by atoms with Gasteiger partial charge in [-0.15, -0.1) is 0 Å². The average Bonchev–Trinajstić information content (AvgIpc) is 3.01. The second-order valence-corrected chi connectivity index (χ2v) is 6.21. The summed E-state index contributed by atoms with van der Waals surface area (Å²) in [5.41, 5.74) is 0.883. The van der Waals surface area contributed by atoms with Crippen LogP contribution < -0.4 is 0 Å². The normalized spacial score (nSPS) is 17.9. The van der Waals surface area contributed by atoms with Crippen LogP contribution in [0, 0.1) is 0 Å². The van der Waals surface area contributed by atoms with Gasteiger partial charge in [0, 0.05) is 41.8 Å². The Morgan fingerprint density at radius 1 is 1.41 bits per heavy atom. The number of hydrogen-bond donors (Lipinski definition) is 0. The lowest BCUT2D eigenvalue weighted by molar-refractivity contribution is -0.141. The van der Waals surface area contributed by atoms with Crippen molar-refractivity contribution in [1.29, 1.82) is 0 Å². The van der Waals surface area contributed by atoms with Crippen LogP contribution in [0.3, 0.4) is 0 Å². The Kier molecular flexibility index (Phi) is 6.96. The summed E-state index contributed by atoms with van der Waals surface area (Å²) in [7, 11) is 1.40. The molecule has 1 aromatic rings. The molecule has 2 rings (SSSR count). The molecule has 1 fully saturated rings. The third-order valence-electron chi connectivity index (χ3n) is 3.79. The van der Waals surface area contributed by atoms with Crippen LogP contribution in [-0.2, 0) is 20.8 Å². The average molecular weight is 346 g/mol. The van der Waals surface area contributed by atoms with Crippen molar-refractivity contribution in [2.75, 3.05) is 26.8 Å². The van der Waals surface area contributed by atoms with Gasteiger partial charge >= 0.3 is 5.97 Å². The minimum absolute atomic E-state index is 0.207. The van der Waals surface area contributed by atoms with E-state index in [4.69, 9.17) is 32.7 Å². The van der Waals surface area contributed by atoms with Crippen LogP contribution in [0.4, 0.5) is 0 Å². The van der Waals surface area contributed by atoms with Gasteiger partial charge in [0.25, 0.3) is 0 Å². The maximum atomic E-state index is 11.4. The molecule has 0 radical (unpaired) electrons. The van der Waals surface area contributed by atoms with Gasteiger partial charge in [-0.25, -0.2) is 0 Å². The predicted molar refractivity (Wildman–Crippen MR) is 87.3 cm³/mol. The number of rotatable bonds is 7. The topological polar surface area (TPSA) is 38.8 Å². The van der Waals surface area contributed by atoms with Crippen molar-refractivity contribution >= 4 is 29.2 Å². The Balaban J connectivity index is 2.03. The van der Waals surface area contributed by atoms with E-state index in [1.165, 1.54) is 7.11 Å². The van der Waals surface area contributed by atoms with Gasteiger partial charge in [-0.1, -0.05) is 29.3 Å². The monoisotopic (exact) mass is 345 g/mol. The summed E-state index contributed by atoms with van der Waals surface area (Å²) in [6.07, 6.45) is 2.68. The molecule has 1 aliphatic heterocycles. The summed E-state index contributed by atoms with van der Waals surface area (Å²) >= 11 is 12.5. The van der Waals surface area contributed by atoms with Gasteiger partial charge in [0.15, 0.2) is 0 Å². The predicted octanol–water partition coefficient (Wildman–Crippen LogP) is 3.54. The SMILES string of the molecule is COC(=O)CCN(Cc1c(Cl)cccc1Cl)CC1CCCO1. The summed E-state index contributed by atoms with van der Waals surface area (Å²) in [5, 5.41) is 1.28. The number of methoxy groups -OCH3 is 1. The van der Waals surface area contributed by atoms with E-state index in [9.17, 15) is 4.79 Å². The molecule has 1 atom stereocenters. The number of halogens is 2. The van der Waals surface area contributed by atoms with E-state index in [-0.39, 0.29) is 12.1 Å². The summed E-state index contributed by atoms with van der Waals surface area (Å²) < 4.78 is 10.4. The van der Waals surface area contributed by atoms with Crippen molar-refractivity contribution in [2.24, 2.45) is 0 Å². The summed E-state index contributed by atoms with van der Waals surface area (Å²) in [6.45, 7) is 2.75. The van der Waals surface area contributed by atoms with Crippen LogP contribution >= 0.6 is 23.2 Å². The highest BCUT2D eigenvalue weighted by molar-refractivity contribution is 6.35. The number of benzene rings is 1. The van der Waals surface area contributed by atoms with E-state index in [1.54, 1.807) is 0 Å². The molecule has 0 amide bonds. The smallest absolute Gasteiger partial charge is 0.306 e. The van der Waals surface area contributed by atoms with E-state index in [0.29, 0.717) is 29.6 Å². The third-order valence-corrected chi connectivity index (χ3v) is 4.50. The molecular weight excluding hydrogens is 325 g/mol. The minimum atomic E-state index is -0.220. The molecule has 22 heavy (non-hydrogen) atoms. The number of carbonyl (C=O) groups excluding carboxylic acids is 1. The Morgan fingerprint density at radius 2 is 2.14 bits per heavy atom. The molecule has 0 aromatic heterocycles. The summed E-state index contributed by atoms with van der Waals surface area (Å²) in [4.78, 5) is 13.6. The molecule has 0 N–H and O–H groups in total. The Bertz CT molecular complexity index is 484. The standard InChI is InChI=1S/C16H21Cl2NO3/c1-21-16(20)7-8-19(10-12-4-3-9-22-12)11-13-14(17)5-2-6-15(13)18/h2,5-6,12H,3-4,7-11H2,1H3. The molecule has 4 nitrogen and oxygen atoms in total. The van der Waals surface area contributed by atoms with E-state index in [2.05, 4.69) is 4.90 Å². The molecular formula is C16H21Cl2NO3. The fraction of sp³-hybridized carbons (Fsp3) is 0.562. The van der Waals surface area contributed by atoms with E-state index in [0.717, 1.165) is 31.6 Å². The number of esters is 1. The summed E-state index contributed by atoms with van der Waals surface area (Å²) in [5.74, 6) is -0.220. The number of hydrogen-bond acceptors (Lipinski definition) is 4. The van der Waals surface area contributed by atoms with Gasteiger partial charge in [0.2, 0.25) is 0 Å². The van der Waals surface area contributed by atoms with Crippen molar-refractivity contribution < 1.29 is 14.3 Å². The van der Waals surface area contributed by atoms with Gasteiger partial charge in [-0.3, -0.25) is 9.69 Å². The first-order chi connectivity index (χ1) is 10.6. The third kappa shape index (κ3) is 5.13. The van der Waals surface area contributed by atoms with E-state index in [1.807, 2.05) is 18.2 Å². The molecule has 0 saturated carbocycles. The number of ether oxygens (including phenoxy) is 2. The van der Waals surface area contributed by atoms with Crippen molar-refractivity contribution in [3.8, 4) is 0 Å². The zero-order valence-corrected chi connectivity index (χ0v) is 14.2. The first-order valence-electron chi connectivity index (χ1n) is 7.44. The van der Waals surface area contributed by atoms with Crippen molar-refractivity contribution in [3.05, 3.63) is 33.8 Å². The van der Waals surface area contributed by atoms with Gasteiger partial charge in [0.05, 0.1) is 19.6 Å². The second-order valence-electron chi connectivity index (χ2n) is 5.40. The Hall–Kier alpha value is -0.810. The fourth-order valence-corrected chi connectivity index (χ4v) is 3.09. The zero-order chi connectivity index (χ0) is 15.9. The molecule has 1 heterocycles. The van der Waals surface area contributed by atoms with Gasteiger partial charge in [-0.05, 0) is 25.0 Å². The highest BCUT2D eigenvalue weighted by Gasteiger charge is 2.21. The lowest BCUT2D eigenvalue weighted by Gasteiger charge is -2.25. The van der Waals surface area contributed by atoms with Crippen LogP contribution in [0.15, 0.2) is 18.2 Å². The quantitative estimate of drug-likeness (QED) is 0.708. The fourth-order valence-electron chi connectivity index (χ4n) is 2.57. The number of nitrogens with zero attached hydrogens (tertiary/aromatic N) is 1. The number of carbonyl (C=O) groups is 1. The first kappa shape index (κ1) is 17.5. The van der Waals surface area contributed by atoms with Crippen LogP contribution in [0.1, 0.15) is 24.8 Å². The maximum absolute atomic E-state index is 11.4. The molecule has 1 saturated heterocycles. The molecule has 1 aliphatic rings. The van der Waals surface area contributed by atoms with Crippen molar-refractivity contribution in [1.82, 2.24) is 4.90 Å². The highest BCUT2D eigenvalue weighted by atomic mass is 35.5. The molecule has 0 bridgehead atoms. The lowest BCUT2D eigenvalue weighted by atomic mass is 10.1. The van der Waals surface area contributed by atoms with Crippen LogP contribution in [0.2, 0.25) is 10.0 Å². The molecule has 1 unspecified atom stereocenters. The van der Waals surface area contributed by atoms with E-state index >= 15 is 0 Å². The van der Waals surface area contributed by atoms with Gasteiger partial charge in [0.1, 0.15) is 0 Å². The van der Waals surface area contributed by atoms with E-state index < -0.39 is 0 Å². The molecule has 0 aliphatic carbocycles. The van der Waals surface area contributed by atoms with Crippen LogP contribution in [0.25, 0.3) is 0 Å². The van der Waals surface area contributed by atoms with Crippen LogP contribution in [0.5, 0.6) is 0 Å². The summed E-state index contributed by atoms with van der Waals surface area (Å²) in [6, 6.07) is 5.48. The Morgan fingerprint density at radius 3 is 2.73 bits per heavy atom. The maximum Gasteiger partial charge on any atom is 0.306 e. The van der Waals surface area contributed by atoms with Gasteiger partial charge in [-0.2, -0.15) is 0 Å². The molecule has 122 valence electrons. The Labute approximate surface area is 141 Å². The van der Waals surface area contributed by atoms with Crippen molar-refractivity contribution in [3.63, 3.8) is 0 Å². The molecule has 1 aromatic carbocycles. The molecule has 6 heteroatoms. The lowest BCUT2D eigenvalue weighted by Crippen LogP contribution is -2.33. The highest BCUT2D eigenvalue weighted by Crippen LogP contribution is 2.26. The second kappa shape index (κ2) is 8.73. The first-order valence-corrected chi connectivity index (χ1v) is 8.19. The van der Waals surface area contributed by atoms with Crippen molar-refractivity contribution in [2.45, 2.75) is 31.9 Å². The minimum Gasteiger partial charge on any atom is -0.469 e. The van der Waals surface area contributed by atoms with Gasteiger partial charge < -0.3 is 9.47 Å².